The number of carbonyl (C=O) groups is 3. The zero-order valence-corrected chi connectivity index (χ0v) is 28.1. The van der Waals surface area contributed by atoms with E-state index in [2.05, 4.69) is 10.6 Å². The van der Waals surface area contributed by atoms with Gasteiger partial charge in [-0.25, -0.2) is 4.79 Å². The van der Waals surface area contributed by atoms with Gasteiger partial charge in [-0.2, -0.15) is 13.2 Å². The molecule has 0 saturated heterocycles. The lowest BCUT2D eigenvalue weighted by Gasteiger charge is -2.36. The van der Waals surface area contributed by atoms with Gasteiger partial charge in [-0.1, -0.05) is 6.92 Å². The minimum Gasteiger partial charge on any atom is -0.497 e. The molecule has 0 bridgehead atoms. The number of nitrogens with one attached hydrogen (secondary N) is 2. The van der Waals surface area contributed by atoms with Gasteiger partial charge in [-0.15, -0.1) is 0 Å². The summed E-state index contributed by atoms with van der Waals surface area (Å²) in [4.78, 5) is 42.3. The van der Waals surface area contributed by atoms with Crippen molar-refractivity contribution in [3.05, 3.63) is 48.0 Å². The van der Waals surface area contributed by atoms with Gasteiger partial charge in [0.1, 0.15) is 11.5 Å². The predicted octanol–water partition coefficient (Wildman–Crippen LogP) is 5.94. The number of hydrogen-bond acceptors (Lipinski definition) is 7. The van der Waals surface area contributed by atoms with Gasteiger partial charge in [0.2, 0.25) is 5.91 Å². The Bertz CT molecular complexity index is 1360. The van der Waals surface area contributed by atoms with Gasteiger partial charge in [-0.05, 0) is 75.6 Å². The molecule has 0 spiro atoms. The van der Waals surface area contributed by atoms with Gasteiger partial charge in [0.15, 0.2) is 0 Å². The first-order valence-electron chi connectivity index (χ1n) is 16.1. The van der Waals surface area contributed by atoms with Crippen molar-refractivity contribution in [1.29, 1.82) is 0 Å². The van der Waals surface area contributed by atoms with E-state index in [-0.39, 0.29) is 37.3 Å². The van der Waals surface area contributed by atoms with Gasteiger partial charge in [0.05, 0.1) is 44.0 Å². The largest absolute Gasteiger partial charge is 0.497 e. The second-order valence-electron chi connectivity index (χ2n) is 12.2. The fraction of sp³-hybridized carbons (Fsp3) is 0.559. The third-order valence-electron chi connectivity index (χ3n) is 8.16. The number of rotatable bonds is 9. The number of urea groups is 1. The molecule has 4 atom stereocenters. The van der Waals surface area contributed by atoms with Crippen LogP contribution in [-0.4, -0.2) is 97.6 Å². The molecule has 14 heteroatoms. The second kappa shape index (κ2) is 17.9. The Morgan fingerprint density at radius 2 is 1.77 bits per heavy atom. The van der Waals surface area contributed by atoms with Crippen LogP contribution in [0.3, 0.4) is 0 Å². The van der Waals surface area contributed by atoms with E-state index in [4.69, 9.17) is 14.2 Å². The number of hydrogen-bond donors (Lipinski definition) is 3. The van der Waals surface area contributed by atoms with Gasteiger partial charge >= 0.3 is 12.2 Å². The van der Waals surface area contributed by atoms with E-state index in [1.54, 1.807) is 50.4 Å². The highest BCUT2D eigenvalue weighted by Gasteiger charge is 2.32. The molecule has 1 heterocycles. The lowest BCUT2D eigenvalue weighted by Crippen LogP contribution is -2.48. The number of anilines is 2. The first-order valence-corrected chi connectivity index (χ1v) is 16.1. The van der Waals surface area contributed by atoms with Gasteiger partial charge in [-0.3, -0.25) is 9.59 Å². The number of benzene rings is 2. The summed E-state index contributed by atoms with van der Waals surface area (Å²) in [6.45, 7) is 5.52. The van der Waals surface area contributed by atoms with E-state index < -0.39 is 49.0 Å². The number of halogens is 3. The number of carbonyl (C=O) groups excluding carboxylic acids is 3. The van der Waals surface area contributed by atoms with Gasteiger partial charge < -0.3 is 39.8 Å². The molecule has 11 nitrogen and oxygen atoms in total. The van der Waals surface area contributed by atoms with E-state index in [0.29, 0.717) is 42.3 Å². The zero-order valence-electron chi connectivity index (χ0n) is 28.1. The Labute approximate surface area is 279 Å². The summed E-state index contributed by atoms with van der Waals surface area (Å²) in [6, 6.07) is 10.4. The fourth-order valence-corrected chi connectivity index (χ4v) is 5.24. The van der Waals surface area contributed by atoms with Gasteiger partial charge in [0, 0.05) is 50.5 Å². The molecule has 4 amide bonds. The highest BCUT2D eigenvalue weighted by Crippen LogP contribution is 2.29. The molecule has 1 aliphatic heterocycles. The number of likely N-dealkylation sites (N-methyl/N-ethyl adjacent to an activating group) is 1. The third-order valence-corrected chi connectivity index (χ3v) is 8.16. The molecule has 0 fully saturated rings. The maximum Gasteiger partial charge on any atom is 0.389 e. The van der Waals surface area contributed by atoms with Crippen molar-refractivity contribution < 1.29 is 46.9 Å². The summed E-state index contributed by atoms with van der Waals surface area (Å²) < 4.78 is 55.8. The highest BCUT2D eigenvalue weighted by molar-refractivity contribution is 6.02. The van der Waals surface area contributed by atoms with Crippen LogP contribution in [0.2, 0.25) is 0 Å². The molecule has 0 radical (unpaired) electrons. The van der Waals surface area contributed by atoms with E-state index >= 15 is 0 Å². The molecular formula is C34H47F3N4O7. The van der Waals surface area contributed by atoms with Crippen molar-refractivity contribution in [2.45, 2.75) is 77.3 Å². The number of aliphatic hydroxyl groups excluding tert-OH is 1. The smallest absolute Gasteiger partial charge is 0.389 e. The zero-order chi connectivity index (χ0) is 35.4. The molecule has 0 saturated carbocycles. The Balaban J connectivity index is 1.88. The number of nitrogens with zero attached hydrogens (tertiary/aromatic N) is 2. The summed E-state index contributed by atoms with van der Waals surface area (Å²) in [6.07, 6.45) is -5.14. The summed E-state index contributed by atoms with van der Waals surface area (Å²) in [5.41, 5.74) is 1.03. The summed E-state index contributed by atoms with van der Waals surface area (Å²) in [7, 11) is 2.98. The molecule has 0 aromatic heterocycles. The van der Waals surface area contributed by atoms with E-state index in [1.165, 1.54) is 22.9 Å². The molecule has 0 aliphatic carbocycles. The van der Waals surface area contributed by atoms with Crippen LogP contribution in [0.25, 0.3) is 0 Å². The first-order chi connectivity index (χ1) is 22.7. The Kier molecular flexibility index (Phi) is 14.3. The molecule has 48 heavy (non-hydrogen) atoms. The summed E-state index contributed by atoms with van der Waals surface area (Å²) >= 11 is 0. The second-order valence-corrected chi connectivity index (χ2v) is 12.2. The Hall–Kier alpha value is -4.04. The normalized spacial score (nSPS) is 20.1. The predicted molar refractivity (Wildman–Crippen MR) is 175 cm³/mol. The Morgan fingerprint density at radius 3 is 2.42 bits per heavy atom. The van der Waals surface area contributed by atoms with Crippen molar-refractivity contribution >= 4 is 29.2 Å². The first kappa shape index (κ1) is 38.4. The molecule has 3 N–H and O–H groups in total. The van der Waals surface area contributed by atoms with Gasteiger partial charge in [0.25, 0.3) is 5.91 Å². The minimum atomic E-state index is -4.45. The van der Waals surface area contributed by atoms with Crippen LogP contribution in [0.1, 0.15) is 63.2 Å². The number of fused-ring (bicyclic) bond motifs is 1. The molecule has 1 aliphatic rings. The standard InChI is InChI=1S/C34H47F3N4O7/c1-22-19-41(23(2)21-42)32(44)28-18-26(39-33(45)38-25-9-12-27(46-5)13-10-25)11-14-29(28)48-24(3)8-6-7-17-47-30(22)20-40(4)31(43)15-16-34(35,36)37/h9-14,18,22-24,30,42H,6-8,15-17,19-21H2,1-5H3,(H2,38,39,45)/t22-,23+,24-,30+/m1/s1. The van der Waals surface area contributed by atoms with Crippen LogP contribution in [0.5, 0.6) is 11.5 Å². The number of aliphatic hydroxyl groups is 1. The average Bonchev–Trinajstić information content (AvgIpc) is 3.04. The fourth-order valence-electron chi connectivity index (χ4n) is 5.24. The maximum absolute atomic E-state index is 14.2. The molecule has 0 unspecified atom stereocenters. The van der Waals surface area contributed by atoms with Crippen LogP contribution < -0.4 is 20.1 Å². The number of ether oxygens (including phenoxy) is 3. The highest BCUT2D eigenvalue weighted by atomic mass is 19.4. The lowest BCUT2D eigenvalue weighted by molar-refractivity contribution is -0.149. The van der Waals surface area contributed by atoms with Crippen LogP contribution in [0.4, 0.5) is 29.3 Å². The molecule has 2 aromatic carbocycles. The molecule has 3 rings (SSSR count). The molecule has 266 valence electrons. The SMILES string of the molecule is COc1ccc(NC(=O)Nc2ccc3c(c2)C(=O)N([C@@H](C)CO)C[C@@H](C)[C@H](CN(C)C(=O)CCC(F)(F)F)OCCCC[C@@H](C)O3)cc1. The molecular weight excluding hydrogens is 633 g/mol. The van der Waals surface area contributed by atoms with Crippen LogP contribution in [-0.2, 0) is 9.53 Å². The summed E-state index contributed by atoms with van der Waals surface area (Å²) in [5, 5.41) is 15.6. The maximum atomic E-state index is 14.2. The van der Waals surface area contributed by atoms with Crippen LogP contribution in [0.15, 0.2) is 42.5 Å². The number of methoxy groups -OCH3 is 1. The third kappa shape index (κ3) is 11.9. The van der Waals surface area contributed by atoms with E-state index in [1.807, 2.05) is 13.8 Å². The van der Waals surface area contributed by atoms with E-state index in [9.17, 15) is 32.7 Å². The van der Waals surface area contributed by atoms with Crippen molar-refractivity contribution in [1.82, 2.24) is 9.80 Å². The van der Waals surface area contributed by atoms with Crippen LogP contribution in [0, 0.1) is 5.92 Å². The van der Waals surface area contributed by atoms with Crippen molar-refractivity contribution in [3.8, 4) is 11.5 Å². The Morgan fingerprint density at radius 1 is 1.10 bits per heavy atom. The van der Waals surface area contributed by atoms with Crippen molar-refractivity contribution in [2.24, 2.45) is 5.92 Å². The molecule has 2 aromatic rings. The average molecular weight is 681 g/mol. The quantitative estimate of drug-likeness (QED) is 0.299. The number of amides is 4. The minimum absolute atomic E-state index is 0.0286. The topological polar surface area (TPSA) is 130 Å². The van der Waals surface area contributed by atoms with E-state index in [0.717, 1.165) is 6.42 Å². The number of alkyl halides is 3. The summed E-state index contributed by atoms with van der Waals surface area (Å²) in [5.74, 6) is -0.555. The van der Waals surface area contributed by atoms with Crippen molar-refractivity contribution in [3.63, 3.8) is 0 Å². The lowest BCUT2D eigenvalue weighted by atomic mass is 10.0. The van der Waals surface area contributed by atoms with Crippen LogP contribution >= 0.6 is 0 Å². The van der Waals surface area contributed by atoms with Crippen molar-refractivity contribution in [2.75, 3.05) is 51.1 Å². The monoisotopic (exact) mass is 680 g/mol.